The lowest BCUT2D eigenvalue weighted by Gasteiger charge is -2.29. The van der Waals surface area contributed by atoms with Gasteiger partial charge in [-0.1, -0.05) is 18.2 Å². The summed E-state index contributed by atoms with van der Waals surface area (Å²) in [5, 5.41) is 2.63. The van der Waals surface area contributed by atoms with Gasteiger partial charge in [-0.2, -0.15) is 0 Å². The standard InChI is InChI=1S/C20H19NO7S/c1-3-27-19(23)17-16(14-6-4-5-7-15(14)28-20(17)24)18(22)21-12-8-10-13(11-9-12)29(2,25)26/h4-11,16-17H,3H2,1-2H3,(H,21,22)/t16-,17+/m0/s1. The van der Waals surface area contributed by atoms with Crippen LogP contribution in [0.4, 0.5) is 5.69 Å². The fourth-order valence-electron chi connectivity index (χ4n) is 3.08. The largest absolute Gasteiger partial charge is 0.465 e. The van der Waals surface area contributed by atoms with E-state index in [0.717, 1.165) is 6.26 Å². The summed E-state index contributed by atoms with van der Waals surface area (Å²) in [4.78, 5) is 37.9. The molecule has 9 heteroatoms. The van der Waals surface area contributed by atoms with Crippen LogP contribution in [0.25, 0.3) is 0 Å². The summed E-state index contributed by atoms with van der Waals surface area (Å²) in [5.41, 5.74) is 0.705. The van der Waals surface area contributed by atoms with E-state index in [4.69, 9.17) is 9.47 Å². The molecule has 0 aliphatic carbocycles. The molecule has 1 aliphatic heterocycles. The number of rotatable bonds is 5. The van der Waals surface area contributed by atoms with Crippen molar-refractivity contribution in [2.45, 2.75) is 17.7 Å². The molecule has 2 aromatic carbocycles. The minimum atomic E-state index is -3.38. The number of benzene rings is 2. The molecule has 29 heavy (non-hydrogen) atoms. The number of hydrogen-bond acceptors (Lipinski definition) is 7. The molecule has 0 spiro atoms. The summed E-state index contributed by atoms with van der Waals surface area (Å²) in [5.74, 6) is -4.72. The Balaban J connectivity index is 1.94. The van der Waals surface area contributed by atoms with Gasteiger partial charge in [0.05, 0.1) is 17.4 Å². The van der Waals surface area contributed by atoms with E-state index in [2.05, 4.69) is 5.32 Å². The van der Waals surface area contributed by atoms with Crippen molar-refractivity contribution in [1.29, 1.82) is 0 Å². The zero-order valence-electron chi connectivity index (χ0n) is 15.7. The Hall–Kier alpha value is -3.20. The molecular weight excluding hydrogens is 398 g/mol. The molecule has 2 aromatic rings. The first kappa shape index (κ1) is 20.5. The van der Waals surface area contributed by atoms with Crippen LogP contribution >= 0.6 is 0 Å². The van der Waals surface area contributed by atoms with E-state index in [1.807, 2.05) is 0 Å². The lowest BCUT2D eigenvalue weighted by atomic mass is 9.82. The van der Waals surface area contributed by atoms with Crippen LogP contribution in [0.3, 0.4) is 0 Å². The van der Waals surface area contributed by atoms with E-state index in [1.165, 1.54) is 30.3 Å². The molecule has 0 unspecified atom stereocenters. The normalized spacial score (nSPS) is 18.3. The molecule has 1 N–H and O–H groups in total. The Labute approximate surface area is 167 Å². The summed E-state index contributed by atoms with van der Waals surface area (Å²) in [6.45, 7) is 1.64. The van der Waals surface area contributed by atoms with Gasteiger partial charge in [-0.3, -0.25) is 14.4 Å². The van der Waals surface area contributed by atoms with Gasteiger partial charge in [-0.15, -0.1) is 0 Å². The number of carbonyl (C=O) groups excluding carboxylic acids is 3. The van der Waals surface area contributed by atoms with Gasteiger partial charge >= 0.3 is 11.9 Å². The Morgan fingerprint density at radius 2 is 1.72 bits per heavy atom. The fraction of sp³-hybridized carbons (Fsp3) is 0.250. The second-order valence-electron chi connectivity index (χ2n) is 6.45. The van der Waals surface area contributed by atoms with Crippen molar-refractivity contribution < 1.29 is 32.3 Å². The van der Waals surface area contributed by atoms with E-state index in [9.17, 15) is 22.8 Å². The molecule has 0 fully saturated rings. The molecule has 0 saturated carbocycles. The third-order valence-electron chi connectivity index (χ3n) is 4.42. The van der Waals surface area contributed by atoms with Gasteiger partial charge < -0.3 is 14.8 Å². The predicted molar refractivity (Wildman–Crippen MR) is 103 cm³/mol. The number of carbonyl (C=O) groups is 3. The summed E-state index contributed by atoms with van der Waals surface area (Å²) in [7, 11) is -3.38. The maximum absolute atomic E-state index is 13.0. The maximum atomic E-state index is 13.0. The number of fused-ring (bicyclic) bond motifs is 1. The number of amides is 1. The highest BCUT2D eigenvalue weighted by Crippen LogP contribution is 2.39. The van der Waals surface area contributed by atoms with Crippen molar-refractivity contribution in [2.75, 3.05) is 18.2 Å². The summed E-state index contributed by atoms with van der Waals surface area (Å²) in [6.07, 6.45) is 1.08. The van der Waals surface area contributed by atoms with Crippen molar-refractivity contribution in [3.63, 3.8) is 0 Å². The Bertz CT molecular complexity index is 1060. The van der Waals surface area contributed by atoms with Crippen LogP contribution in [0, 0.1) is 5.92 Å². The third-order valence-corrected chi connectivity index (χ3v) is 5.55. The molecule has 0 saturated heterocycles. The van der Waals surface area contributed by atoms with Gasteiger partial charge in [-0.05, 0) is 37.3 Å². The van der Waals surface area contributed by atoms with Crippen molar-refractivity contribution in [3.8, 4) is 5.75 Å². The number of hydrogen-bond donors (Lipinski definition) is 1. The SMILES string of the molecule is CCOC(=O)[C@@H]1C(=O)Oc2ccccc2[C@@H]1C(=O)Nc1ccc(S(C)(=O)=O)cc1. The highest BCUT2D eigenvalue weighted by atomic mass is 32.2. The van der Waals surface area contributed by atoms with Gasteiger partial charge in [0.2, 0.25) is 5.91 Å². The van der Waals surface area contributed by atoms with Crippen molar-refractivity contribution in [3.05, 3.63) is 54.1 Å². The Kier molecular flexibility index (Phi) is 5.69. The summed E-state index contributed by atoms with van der Waals surface area (Å²) < 4.78 is 33.3. The number of sulfone groups is 1. The van der Waals surface area contributed by atoms with Crippen LogP contribution in [0.15, 0.2) is 53.4 Å². The number of anilines is 1. The highest BCUT2D eigenvalue weighted by Gasteiger charge is 2.47. The van der Waals surface area contributed by atoms with Gasteiger partial charge in [0.1, 0.15) is 5.75 Å². The molecule has 0 radical (unpaired) electrons. The molecule has 0 aromatic heterocycles. The minimum absolute atomic E-state index is 0.0472. The quantitative estimate of drug-likeness (QED) is 0.449. The third kappa shape index (κ3) is 4.29. The van der Waals surface area contributed by atoms with E-state index in [1.54, 1.807) is 25.1 Å². The zero-order valence-corrected chi connectivity index (χ0v) is 16.6. The molecule has 1 aliphatic rings. The molecule has 1 heterocycles. The molecule has 1 amide bonds. The average Bonchev–Trinajstić information content (AvgIpc) is 2.66. The molecule has 0 bridgehead atoms. The second-order valence-corrected chi connectivity index (χ2v) is 8.47. The number of ether oxygens (including phenoxy) is 2. The Morgan fingerprint density at radius 3 is 2.34 bits per heavy atom. The monoisotopic (exact) mass is 417 g/mol. The number of para-hydroxylation sites is 1. The second kappa shape index (κ2) is 8.04. The average molecular weight is 417 g/mol. The van der Waals surface area contributed by atoms with Crippen molar-refractivity contribution >= 4 is 33.4 Å². The molecule has 8 nitrogen and oxygen atoms in total. The zero-order chi connectivity index (χ0) is 21.2. The van der Waals surface area contributed by atoms with Crippen LogP contribution in [-0.4, -0.2) is 39.1 Å². The maximum Gasteiger partial charge on any atom is 0.326 e. The summed E-state index contributed by atoms with van der Waals surface area (Å²) in [6, 6.07) is 12.0. The smallest absolute Gasteiger partial charge is 0.326 e. The predicted octanol–water partition coefficient (Wildman–Crippen LogP) is 1.91. The van der Waals surface area contributed by atoms with Gasteiger partial charge in [0.25, 0.3) is 0 Å². The summed E-state index contributed by atoms with van der Waals surface area (Å²) >= 11 is 0. The van der Waals surface area contributed by atoms with E-state index in [-0.39, 0.29) is 17.3 Å². The van der Waals surface area contributed by atoms with E-state index >= 15 is 0 Å². The van der Waals surface area contributed by atoms with E-state index < -0.39 is 39.5 Å². The number of nitrogens with one attached hydrogen (secondary N) is 1. The van der Waals surface area contributed by atoms with E-state index in [0.29, 0.717) is 11.3 Å². The first-order chi connectivity index (χ1) is 13.7. The molecule has 2 atom stereocenters. The van der Waals surface area contributed by atoms with Gasteiger partial charge in [0.15, 0.2) is 15.8 Å². The highest BCUT2D eigenvalue weighted by molar-refractivity contribution is 7.90. The number of esters is 2. The van der Waals surface area contributed by atoms with Crippen LogP contribution < -0.4 is 10.1 Å². The van der Waals surface area contributed by atoms with Crippen LogP contribution in [0.2, 0.25) is 0 Å². The Morgan fingerprint density at radius 1 is 1.07 bits per heavy atom. The lowest BCUT2D eigenvalue weighted by Crippen LogP contribution is -2.43. The first-order valence-corrected chi connectivity index (χ1v) is 10.7. The fourth-order valence-corrected chi connectivity index (χ4v) is 3.71. The van der Waals surface area contributed by atoms with Crippen LogP contribution in [-0.2, 0) is 29.0 Å². The lowest BCUT2D eigenvalue weighted by molar-refractivity contribution is -0.161. The van der Waals surface area contributed by atoms with Crippen molar-refractivity contribution in [2.24, 2.45) is 5.92 Å². The topological polar surface area (TPSA) is 116 Å². The molecule has 3 rings (SSSR count). The van der Waals surface area contributed by atoms with Gasteiger partial charge in [-0.25, -0.2) is 8.42 Å². The first-order valence-electron chi connectivity index (χ1n) is 8.80. The van der Waals surface area contributed by atoms with Crippen molar-refractivity contribution in [1.82, 2.24) is 0 Å². The van der Waals surface area contributed by atoms with Crippen LogP contribution in [0.1, 0.15) is 18.4 Å². The molecular formula is C20H19NO7S. The van der Waals surface area contributed by atoms with Crippen LogP contribution in [0.5, 0.6) is 5.75 Å². The minimum Gasteiger partial charge on any atom is -0.465 e. The molecule has 152 valence electrons. The van der Waals surface area contributed by atoms with Gasteiger partial charge in [0, 0.05) is 17.5 Å².